The van der Waals surface area contributed by atoms with Gasteiger partial charge in [0.05, 0.1) is 0 Å². The molecule has 1 rings (SSSR count). The van der Waals surface area contributed by atoms with Crippen molar-refractivity contribution in [1.29, 1.82) is 0 Å². The Kier molecular flexibility index (Phi) is 2.28. The van der Waals surface area contributed by atoms with Crippen LogP contribution in [0.2, 0.25) is 0 Å². The zero-order valence-electron chi connectivity index (χ0n) is 6.79. The number of rotatable bonds is 2. The van der Waals surface area contributed by atoms with Crippen molar-refractivity contribution < 1.29 is 9.53 Å². The van der Waals surface area contributed by atoms with E-state index in [2.05, 4.69) is 6.58 Å². The molecule has 0 bridgehead atoms. The smallest absolute Gasteiger partial charge is 0.320 e. The highest BCUT2D eigenvalue weighted by molar-refractivity contribution is 8.02. The van der Waals surface area contributed by atoms with E-state index in [-0.39, 0.29) is 16.2 Å². The monoisotopic (exact) mass is 172 g/mol. The van der Waals surface area contributed by atoms with Gasteiger partial charge in [-0.25, -0.2) is 0 Å². The Hall–Kier alpha value is -0.440. The lowest BCUT2D eigenvalue weighted by atomic mass is 10.3. The zero-order chi connectivity index (χ0) is 8.48. The van der Waals surface area contributed by atoms with E-state index < -0.39 is 0 Å². The SMILES string of the molecule is C=CCC1SC(C)(C)OC1=O. The van der Waals surface area contributed by atoms with E-state index in [1.807, 2.05) is 13.8 Å². The first-order chi connectivity index (χ1) is 5.05. The van der Waals surface area contributed by atoms with E-state index in [0.29, 0.717) is 6.42 Å². The van der Waals surface area contributed by atoms with Crippen LogP contribution in [0.4, 0.5) is 0 Å². The molecule has 1 aliphatic heterocycles. The molecule has 0 radical (unpaired) electrons. The van der Waals surface area contributed by atoms with E-state index >= 15 is 0 Å². The number of hydrogen-bond donors (Lipinski definition) is 0. The molecule has 1 saturated heterocycles. The predicted molar refractivity (Wildman–Crippen MR) is 46.4 cm³/mol. The molecule has 0 saturated carbocycles. The van der Waals surface area contributed by atoms with Gasteiger partial charge in [-0.1, -0.05) is 17.8 Å². The lowest BCUT2D eigenvalue weighted by molar-refractivity contribution is -0.145. The molecule has 0 N–H and O–H groups in total. The van der Waals surface area contributed by atoms with Gasteiger partial charge < -0.3 is 4.74 Å². The van der Waals surface area contributed by atoms with E-state index in [4.69, 9.17) is 4.74 Å². The number of hydrogen-bond acceptors (Lipinski definition) is 3. The predicted octanol–water partition coefficient (Wildman–Crippen LogP) is 1.96. The number of carbonyl (C=O) groups is 1. The quantitative estimate of drug-likeness (QED) is 0.470. The second-order valence-corrected chi connectivity index (χ2v) is 4.74. The average Bonchev–Trinajstić information content (AvgIpc) is 2.07. The van der Waals surface area contributed by atoms with Gasteiger partial charge in [0.15, 0.2) is 4.93 Å². The first-order valence-electron chi connectivity index (χ1n) is 3.57. The first kappa shape index (κ1) is 8.65. The van der Waals surface area contributed by atoms with Crippen LogP contribution in [0.25, 0.3) is 0 Å². The summed E-state index contributed by atoms with van der Waals surface area (Å²) in [5, 5.41) is -0.0394. The summed E-state index contributed by atoms with van der Waals surface area (Å²) in [5.41, 5.74) is 0. The summed E-state index contributed by atoms with van der Waals surface area (Å²) in [6, 6.07) is 0. The largest absolute Gasteiger partial charge is 0.448 e. The molecule has 1 heterocycles. The van der Waals surface area contributed by atoms with Crippen LogP contribution in [0.3, 0.4) is 0 Å². The summed E-state index contributed by atoms with van der Waals surface area (Å²) in [6.07, 6.45) is 2.45. The van der Waals surface area contributed by atoms with E-state index in [1.165, 1.54) is 0 Å². The van der Waals surface area contributed by atoms with Gasteiger partial charge in [-0.3, -0.25) is 4.79 Å². The molecule has 1 unspecified atom stereocenters. The minimum Gasteiger partial charge on any atom is -0.448 e. The lowest BCUT2D eigenvalue weighted by Crippen LogP contribution is -2.15. The van der Waals surface area contributed by atoms with Crippen LogP contribution in [0, 0.1) is 0 Å². The normalized spacial score (nSPS) is 28.2. The van der Waals surface area contributed by atoms with Crippen LogP contribution in [0.1, 0.15) is 20.3 Å². The van der Waals surface area contributed by atoms with Crippen molar-refractivity contribution in [1.82, 2.24) is 0 Å². The van der Waals surface area contributed by atoms with Crippen LogP contribution in [0.15, 0.2) is 12.7 Å². The Bertz CT molecular complexity index is 187. The molecule has 1 atom stereocenters. The third-order valence-electron chi connectivity index (χ3n) is 1.42. The summed E-state index contributed by atoms with van der Waals surface area (Å²) in [5.74, 6) is -0.111. The number of thioether (sulfide) groups is 1. The third-order valence-corrected chi connectivity index (χ3v) is 2.74. The Balaban J connectivity index is 2.59. The van der Waals surface area contributed by atoms with Gasteiger partial charge in [-0.05, 0) is 20.3 Å². The van der Waals surface area contributed by atoms with E-state index in [0.717, 1.165) is 0 Å². The van der Waals surface area contributed by atoms with Crippen molar-refractivity contribution in [3.63, 3.8) is 0 Å². The summed E-state index contributed by atoms with van der Waals surface area (Å²) in [4.78, 5) is 10.7. The molecular formula is C8H12O2S. The highest BCUT2D eigenvalue weighted by atomic mass is 32.2. The second-order valence-electron chi connectivity index (χ2n) is 2.95. The second kappa shape index (κ2) is 2.89. The average molecular weight is 172 g/mol. The molecule has 0 aliphatic carbocycles. The molecule has 3 heteroatoms. The van der Waals surface area contributed by atoms with E-state index in [1.54, 1.807) is 17.8 Å². The van der Waals surface area contributed by atoms with Crippen LogP contribution < -0.4 is 0 Å². The maximum atomic E-state index is 11.1. The molecule has 2 nitrogen and oxygen atoms in total. The lowest BCUT2D eigenvalue weighted by Gasteiger charge is -2.13. The van der Waals surface area contributed by atoms with Crippen molar-refractivity contribution in [2.75, 3.05) is 0 Å². The van der Waals surface area contributed by atoms with Crippen molar-refractivity contribution in [3.8, 4) is 0 Å². The molecule has 1 fully saturated rings. The molecule has 1 aliphatic rings. The standard InChI is InChI=1S/C8H12O2S/c1-4-5-6-7(9)10-8(2,3)11-6/h4,6H,1,5H2,2-3H3. The minimum absolute atomic E-state index is 0.0394. The Labute approximate surface area is 71.0 Å². The van der Waals surface area contributed by atoms with Crippen molar-refractivity contribution in [3.05, 3.63) is 12.7 Å². The van der Waals surface area contributed by atoms with Crippen LogP contribution in [-0.4, -0.2) is 16.2 Å². The van der Waals surface area contributed by atoms with Crippen LogP contribution in [-0.2, 0) is 9.53 Å². The maximum Gasteiger partial charge on any atom is 0.320 e. The van der Waals surface area contributed by atoms with Gasteiger partial charge in [0.2, 0.25) is 0 Å². The molecule has 0 aromatic heterocycles. The molecule has 11 heavy (non-hydrogen) atoms. The topological polar surface area (TPSA) is 26.3 Å². The molecule has 0 aromatic carbocycles. The fraction of sp³-hybridized carbons (Fsp3) is 0.625. The summed E-state index contributed by atoms with van der Waals surface area (Å²) in [6.45, 7) is 7.39. The molecule has 0 spiro atoms. The maximum absolute atomic E-state index is 11.1. The van der Waals surface area contributed by atoms with Crippen LogP contribution >= 0.6 is 11.8 Å². The van der Waals surface area contributed by atoms with Crippen molar-refractivity contribution >= 4 is 17.7 Å². The number of cyclic esters (lactones) is 1. The number of allylic oxidation sites excluding steroid dienone is 1. The molecule has 0 amide bonds. The number of carbonyl (C=O) groups excluding carboxylic acids is 1. The number of ether oxygens (including phenoxy) is 1. The van der Waals surface area contributed by atoms with Gasteiger partial charge in [0.25, 0.3) is 0 Å². The van der Waals surface area contributed by atoms with Gasteiger partial charge >= 0.3 is 5.97 Å². The Morgan fingerprint density at radius 3 is 2.82 bits per heavy atom. The van der Waals surface area contributed by atoms with Gasteiger partial charge in [0.1, 0.15) is 5.25 Å². The zero-order valence-corrected chi connectivity index (χ0v) is 7.61. The highest BCUT2D eigenvalue weighted by Crippen LogP contribution is 2.39. The Morgan fingerprint density at radius 2 is 2.45 bits per heavy atom. The summed E-state index contributed by atoms with van der Waals surface area (Å²) < 4.78 is 5.09. The third kappa shape index (κ3) is 1.99. The summed E-state index contributed by atoms with van der Waals surface area (Å²) >= 11 is 1.56. The highest BCUT2D eigenvalue weighted by Gasteiger charge is 2.39. The van der Waals surface area contributed by atoms with Crippen molar-refractivity contribution in [2.24, 2.45) is 0 Å². The number of esters is 1. The van der Waals surface area contributed by atoms with Gasteiger partial charge in [-0.2, -0.15) is 0 Å². The molecule has 62 valence electrons. The fourth-order valence-corrected chi connectivity index (χ4v) is 2.21. The van der Waals surface area contributed by atoms with Crippen molar-refractivity contribution in [2.45, 2.75) is 30.5 Å². The minimum atomic E-state index is -0.342. The molecular weight excluding hydrogens is 160 g/mol. The van der Waals surface area contributed by atoms with Crippen LogP contribution in [0.5, 0.6) is 0 Å². The van der Waals surface area contributed by atoms with Gasteiger partial charge in [0, 0.05) is 0 Å². The fourth-order valence-electron chi connectivity index (χ4n) is 1.02. The first-order valence-corrected chi connectivity index (χ1v) is 4.45. The van der Waals surface area contributed by atoms with E-state index in [9.17, 15) is 4.79 Å². The summed E-state index contributed by atoms with van der Waals surface area (Å²) in [7, 11) is 0. The van der Waals surface area contributed by atoms with Gasteiger partial charge in [-0.15, -0.1) is 6.58 Å². The Morgan fingerprint density at radius 1 is 1.82 bits per heavy atom. The molecule has 0 aromatic rings.